The zero-order valence-electron chi connectivity index (χ0n) is 10.9. The van der Waals surface area contributed by atoms with E-state index in [-0.39, 0.29) is 5.91 Å². The Labute approximate surface area is 108 Å². The highest BCUT2D eigenvalue weighted by molar-refractivity contribution is 5.94. The molecule has 1 N–H and O–H groups in total. The van der Waals surface area contributed by atoms with Crippen molar-refractivity contribution in [3.63, 3.8) is 0 Å². The molecule has 4 heteroatoms. The van der Waals surface area contributed by atoms with Crippen molar-refractivity contribution in [1.29, 1.82) is 0 Å². The number of carbonyl (C=O) groups excluding carboxylic acids is 1. The first-order valence-corrected chi connectivity index (χ1v) is 6.74. The van der Waals surface area contributed by atoms with E-state index in [0.29, 0.717) is 6.04 Å². The second-order valence-electron chi connectivity index (χ2n) is 4.72. The fraction of sp³-hybridized carbons (Fsp3) is 0.571. The van der Waals surface area contributed by atoms with Gasteiger partial charge in [0, 0.05) is 30.5 Å². The minimum absolute atomic E-state index is 0.145. The van der Waals surface area contributed by atoms with Crippen molar-refractivity contribution in [2.75, 3.05) is 19.6 Å². The second-order valence-corrected chi connectivity index (χ2v) is 4.72. The Morgan fingerprint density at radius 1 is 1.39 bits per heavy atom. The van der Waals surface area contributed by atoms with Gasteiger partial charge in [0.15, 0.2) is 0 Å². The van der Waals surface area contributed by atoms with Gasteiger partial charge in [-0.1, -0.05) is 6.92 Å². The molecule has 2 heterocycles. The summed E-state index contributed by atoms with van der Waals surface area (Å²) in [6.45, 7) is 4.97. The molecule has 1 saturated heterocycles. The highest BCUT2D eigenvalue weighted by Gasteiger charge is 2.25. The van der Waals surface area contributed by atoms with Gasteiger partial charge in [-0.15, -0.1) is 0 Å². The molecular weight excluding hydrogens is 226 g/mol. The predicted octanol–water partition coefficient (Wildman–Crippen LogP) is 1.69. The van der Waals surface area contributed by atoms with Crippen LogP contribution in [0.3, 0.4) is 0 Å². The summed E-state index contributed by atoms with van der Waals surface area (Å²) in [4.78, 5) is 18.5. The number of nitrogens with one attached hydrogen (secondary N) is 1. The first-order chi connectivity index (χ1) is 8.83. The summed E-state index contributed by atoms with van der Waals surface area (Å²) >= 11 is 0. The molecule has 1 aliphatic heterocycles. The third-order valence-corrected chi connectivity index (χ3v) is 3.40. The first kappa shape index (κ1) is 13.0. The third-order valence-electron chi connectivity index (χ3n) is 3.40. The van der Waals surface area contributed by atoms with Gasteiger partial charge < -0.3 is 10.2 Å². The maximum atomic E-state index is 12.5. The molecule has 98 valence electrons. The lowest BCUT2D eigenvalue weighted by Crippen LogP contribution is -2.46. The molecular formula is C14H21N3O. The van der Waals surface area contributed by atoms with Crippen molar-refractivity contribution >= 4 is 5.91 Å². The van der Waals surface area contributed by atoms with Crippen LogP contribution in [-0.4, -0.2) is 41.5 Å². The SMILES string of the molecule is CCCN(C(=O)c1ccncc1)C1CCNCC1. The van der Waals surface area contributed by atoms with Crippen LogP contribution < -0.4 is 5.32 Å². The zero-order valence-corrected chi connectivity index (χ0v) is 10.9. The fourth-order valence-electron chi connectivity index (χ4n) is 2.47. The fourth-order valence-corrected chi connectivity index (χ4v) is 2.47. The van der Waals surface area contributed by atoms with Gasteiger partial charge in [-0.3, -0.25) is 9.78 Å². The predicted molar refractivity (Wildman–Crippen MR) is 71.5 cm³/mol. The average Bonchev–Trinajstić information content (AvgIpc) is 2.46. The Balaban J connectivity index is 2.11. The van der Waals surface area contributed by atoms with E-state index < -0.39 is 0 Å². The van der Waals surface area contributed by atoms with Crippen molar-refractivity contribution in [2.45, 2.75) is 32.2 Å². The van der Waals surface area contributed by atoms with Gasteiger partial charge in [0.25, 0.3) is 5.91 Å². The maximum Gasteiger partial charge on any atom is 0.254 e. The van der Waals surface area contributed by atoms with Crippen LogP contribution in [0.5, 0.6) is 0 Å². The summed E-state index contributed by atoms with van der Waals surface area (Å²) in [5.74, 6) is 0.145. The maximum absolute atomic E-state index is 12.5. The van der Waals surface area contributed by atoms with E-state index in [2.05, 4.69) is 17.2 Å². The second kappa shape index (κ2) is 6.50. The quantitative estimate of drug-likeness (QED) is 0.880. The number of amides is 1. The Kier molecular flexibility index (Phi) is 4.70. The van der Waals surface area contributed by atoms with E-state index in [4.69, 9.17) is 0 Å². The number of piperidine rings is 1. The number of nitrogens with zero attached hydrogens (tertiary/aromatic N) is 2. The minimum atomic E-state index is 0.145. The van der Waals surface area contributed by atoms with E-state index >= 15 is 0 Å². The molecule has 1 amide bonds. The Morgan fingerprint density at radius 2 is 2.06 bits per heavy atom. The van der Waals surface area contributed by atoms with Crippen LogP contribution in [-0.2, 0) is 0 Å². The van der Waals surface area contributed by atoms with Crippen molar-refractivity contribution in [1.82, 2.24) is 15.2 Å². The molecule has 18 heavy (non-hydrogen) atoms. The number of carbonyl (C=O) groups is 1. The van der Waals surface area contributed by atoms with Gasteiger partial charge in [0.05, 0.1) is 0 Å². The molecule has 0 unspecified atom stereocenters. The van der Waals surface area contributed by atoms with Crippen LogP contribution in [0.2, 0.25) is 0 Å². The summed E-state index contributed by atoms with van der Waals surface area (Å²) in [6, 6.07) is 3.98. The summed E-state index contributed by atoms with van der Waals surface area (Å²) in [6.07, 6.45) is 6.47. The Hall–Kier alpha value is -1.42. The third kappa shape index (κ3) is 3.07. The molecule has 4 nitrogen and oxygen atoms in total. The van der Waals surface area contributed by atoms with Gasteiger partial charge >= 0.3 is 0 Å². The Bertz CT molecular complexity index is 374. The molecule has 0 saturated carbocycles. The first-order valence-electron chi connectivity index (χ1n) is 6.74. The normalized spacial score (nSPS) is 16.5. The van der Waals surface area contributed by atoms with Crippen LogP contribution >= 0.6 is 0 Å². The van der Waals surface area contributed by atoms with Gasteiger partial charge in [-0.2, -0.15) is 0 Å². The molecule has 0 bridgehead atoms. The minimum Gasteiger partial charge on any atom is -0.336 e. The van der Waals surface area contributed by atoms with Crippen LogP contribution in [0, 0.1) is 0 Å². The molecule has 0 atom stereocenters. The number of rotatable bonds is 4. The summed E-state index contributed by atoms with van der Waals surface area (Å²) in [5, 5.41) is 3.34. The molecule has 1 aromatic rings. The highest BCUT2D eigenvalue weighted by Crippen LogP contribution is 2.15. The molecule has 1 fully saturated rings. The van der Waals surface area contributed by atoms with Crippen molar-refractivity contribution in [3.05, 3.63) is 30.1 Å². The molecule has 0 aliphatic carbocycles. The van der Waals surface area contributed by atoms with Crippen molar-refractivity contribution in [2.24, 2.45) is 0 Å². The van der Waals surface area contributed by atoms with Gasteiger partial charge in [-0.25, -0.2) is 0 Å². The molecule has 0 spiro atoms. The lowest BCUT2D eigenvalue weighted by atomic mass is 10.0. The summed E-state index contributed by atoms with van der Waals surface area (Å²) < 4.78 is 0. The number of hydrogen-bond acceptors (Lipinski definition) is 3. The van der Waals surface area contributed by atoms with Gasteiger partial charge in [-0.05, 0) is 44.5 Å². The van der Waals surface area contributed by atoms with E-state index in [9.17, 15) is 4.79 Å². The molecule has 2 rings (SSSR count). The van der Waals surface area contributed by atoms with Gasteiger partial charge in [0.2, 0.25) is 0 Å². The van der Waals surface area contributed by atoms with E-state index in [1.54, 1.807) is 24.5 Å². The summed E-state index contributed by atoms with van der Waals surface area (Å²) in [5.41, 5.74) is 0.747. The van der Waals surface area contributed by atoms with Crippen LogP contribution in [0.25, 0.3) is 0 Å². The lowest BCUT2D eigenvalue weighted by Gasteiger charge is -2.34. The molecule has 0 aromatic carbocycles. The lowest BCUT2D eigenvalue weighted by molar-refractivity contribution is 0.0642. The molecule has 1 aliphatic rings. The van der Waals surface area contributed by atoms with Crippen LogP contribution in [0.1, 0.15) is 36.5 Å². The largest absolute Gasteiger partial charge is 0.336 e. The van der Waals surface area contributed by atoms with Crippen molar-refractivity contribution in [3.8, 4) is 0 Å². The topological polar surface area (TPSA) is 45.2 Å². The average molecular weight is 247 g/mol. The Morgan fingerprint density at radius 3 is 2.67 bits per heavy atom. The van der Waals surface area contributed by atoms with E-state index in [1.165, 1.54) is 0 Å². The van der Waals surface area contributed by atoms with Crippen molar-refractivity contribution < 1.29 is 4.79 Å². The monoisotopic (exact) mass is 247 g/mol. The molecule has 0 radical (unpaired) electrons. The summed E-state index contributed by atoms with van der Waals surface area (Å²) in [7, 11) is 0. The number of aromatic nitrogens is 1. The standard InChI is InChI=1S/C14H21N3O/c1-2-11-17(13-5-9-16-10-6-13)14(18)12-3-7-15-8-4-12/h3-4,7-8,13,16H,2,5-6,9-11H2,1H3. The van der Waals surface area contributed by atoms with Crippen LogP contribution in [0.4, 0.5) is 0 Å². The zero-order chi connectivity index (χ0) is 12.8. The van der Waals surface area contributed by atoms with Crippen LogP contribution in [0.15, 0.2) is 24.5 Å². The van der Waals surface area contributed by atoms with E-state index in [0.717, 1.165) is 44.5 Å². The van der Waals surface area contributed by atoms with E-state index in [1.807, 2.05) is 4.90 Å². The number of pyridine rings is 1. The number of hydrogen-bond donors (Lipinski definition) is 1. The highest BCUT2D eigenvalue weighted by atomic mass is 16.2. The smallest absolute Gasteiger partial charge is 0.254 e. The van der Waals surface area contributed by atoms with Gasteiger partial charge in [0.1, 0.15) is 0 Å². The molecule has 1 aromatic heterocycles.